The highest BCUT2D eigenvalue weighted by atomic mass is 16.5. The first kappa shape index (κ1) is 35.3. The van der Waals surface area contributed by atoms with Crippen LogP contribution in [0.5, 0.6) is 23.0 Å². The van der Waals surface area contributed by atoms with E-state index < -0.39 is 0 Å². The van der Waals surface area contributed by atoms with Gasteiger partial charge >= 0.3 is 0 Å². The van der Waals surface area contributed by atoms with E-state index in [2.05, 4.69) is 195 Å². The van der Waals surface area contributed by atoms with Crippen molar-refractivity contribution in [1.82, 2.24) is 0 Å². The normalized spacial score (nSPS) is 16.6. The number of ether oxygens (including phenoxy) is 2. The van der Waals surface area contributed by atoms with Crippen LogP contribution in [0.2, 0.25) is 0 Å². The smallest absolute Gasteiger partial charge is 0.260 e. The van der Waals surface area contributed by atoms with Crippen LogP contribution >= 0.6 is 0 Å². The van der Waals surface area contributed by atoms with Crippen LogP contribution < -0.4 is 35.7 Å². The van der Waals surface area contributed by atoms with Gasteiger partial charge in [-0.1, -0.05) is 103 Å². The lowest BCUT2D eigenvalue weighted by Gasteiger charge is -2.34. The molecule has 59 heavy (non-hydrogen) atoms. The molecule has 4 heterocycles. The van der Waals surface area contributed by atoms with Crippen LogP contribution in [-0.4, -0.2) is 42.6 Å². The van der Waals surface area contributed by atoms with Gasteiger partial charge in [-0.3, -0.25) is 9.98 Å². The van der Waals surface area contributed by atoms with Gasteiger partial charge in [0.05, 0.1) is 24.2 Å². The number of benzene rings is 7. The molecule has 0 radical (unpaired) electrons. The molecule has 7 heteroatoms. The molecular formula is C52H43BN4O2. The molecule has 6 nitrogen and oxygen atoms in total. The van der Waals surface area contributed by atoms with Crippen molar-refractivity contribution in [3.8, 4) is 45.3 Å². The molecule has 4 aliphatic rings. The highest BCUT2D eigenvalue weighted by molar-refractivity contribution is 6.98. The van der Waals surface area contributed by atoms with Crippen molar-refractivity contribution < 1.29 is 9.47 Å². The number of hydrogen-bond acceptors (Lipinski definition) is 6. The maximum atomic E-state index is 6.72. The summed E-state index contributed by atoms with van der Waals surface area (Å²) in [5.74, 6) is 5.37. The maximum Gasteiger partial charge on any atom is 0.260 e. The van der Waals surface area contributed by atoms with E-state index in [0.717, 1.165) is 109 Å². The Hall–Kier alpha value is -6.86. The molecule has 0 bridgehead atoms. The third-order valence-corrected chi connectivity index (χ3v) is 12.2. The molecule has 7 aromatic rings. The van der Waals surface area contributed by atoms with Crippen molar-refractivity contribution in [2.75, 3.05) is 22.9 Å². The molecule has 0 saturated heterocycles. The van der Waals surface area contributed by atoms with Crippen LogP contribution in [0.3, 0.4) is 0 Å². The SMILES string of the molecule is CC1(C)CN=C(c2cccc(-c3ccc4c(c3)Oc3cccc5c3B4c3ccc(-c4cccc(C6=NCC(C)(C)N6c6ccccc6)c4)cc3O5)c2)N1c1ccccc1. The number of nitrogens with zero attached hydrogens (tertiary/aromatic N) is 4. The summed E-state index contributed by atoms with van der Waals surface area (Å²) in [6.07, 6.45) is 0. The Kier molecular flexibility index (Phi) is 7.99. The van der Waals surface area contributed by atoms with Gasteiger partial charge in [-0.15, -0.1) is 0 Å². The first-order valence-electron chi connectivity index (χ1n) is 20.5. The lowest BCUT2D eigenvalue weighted by Crippen LogP contribution is -2.57. The van der Waals surface area contributed by atoms with Gasteiger partial charge in [-0.2, -0.15) is 0 Å². The standard InChI is InChI=1S/C52H43BN4O2/c1-51(2)32-54-49(56(51)40-18-7-5-8-19-40)38-16-11-14-34(28-38)36-24-26-42-46(30-36)58-44-22-13-23-45-48(44)53(42)43-27-25-37(31-47(43)59-45)35-15-12-17-39(29-35)50-55-33-52(3,4)57(50)41-20-9-6-10-21-41/h5-31H,32-33H2,1-4H3. The Balaban J connectivity index is 0.930. The fraction of sp³-hybridized carbons (Fsp3) is 0.154. The minimum Gasteiger partial charge on any atom is -0.458 e. The summed E-state index contributed by atoms with van der Waals surface area (Å²) in [4.78, 5) is 14.9. The molecule has 0 fully saturated rings. The van der Waals surface area contributed by atoms with E-state index in [1.54, 1.807) is 0 Å². The van der Waals surface area contributed by atoms with Gasteiger partial charge in [-0.25, -0.2) is 0 Å². The largest absolute Gasteiger partial charge is 0.458 e. The highest BCUT2D eigenvalue weighted by Crippen LogP contribution is 2.39. The maximum absolute atomic E-state index is 6.72. The van der Waals surface area contributed by atoms with Crippen LogP contribution in [-0.2, 0) is 0 Å². The Bertz CT molecular complexity index is 2680. The van der Waals surface area contributed by atoms with E-state index in [4.69, 9.17) is 19.5 Å². The molecule has 0 amide bonds. The van der Waals surface area contributed by atoms with Crippen LogP contribution in [0.1, 0.15) is 38.8 Å². The Morgan fingerprint density at radius 1 is 0.424 bits per heavy atom. The minimum absolute atomic E-state index is 0.0292. The highest BCUT2D eigenvalue weighted by Gasteiger charge is 2.41. The summed E-state index contributed by atoms with van der Waals surface area (Å²) in [5, 5.41) is 0. The number of anilines is 2. The fourth-order valence-electron chi connectivity index (χ4n) is 9.39. The second kappa shape index (κ2) is 13.4. The molecule has 7 aromatic carbocycles. The van der Waals surface area contributed by atoms with E-state index in [-0.39, 0.29) is 17.8 Å². The second-order valence-corrected chi connectivity index (χ2v) is 17.2. The first-order valence-corrected chi connectivity index (χ1v) is 20.5. The summed E-state index contributed by atoms with van der Waals surface area (Å²) < 4.78 is 13.4. The van der Waals surface area contributed by atoms with Crippen LogP contribution in [0.4, 0.5) is 11.4 Å². The predicted molar refractivity (Wildman–Crippen MR) is 244 cm³/mol. The van der Waals surface area contributed by atoms with E-state index >= 15 is 0 Å². The number of para-hydroxylation sites is 2. The number of hydrogen-bond donors (Lipinski definition) is 0. The third kappa shape index (κ3) is 5.86. The Morgan fingerprint density at radius 3 is 1.29 bits per heavy atom. The summed E-state index contributed by atoms with van der Waals surface area (Å²) in [6, 6.07) is 58.0. The summed E-state index contributed by atoms with van der Waals surface area (Å²) in [6.45, 7) is 10.5. The van der Waals surface area contributed by atoms with E-state index in [1.165, 1.54) is 0 Å². The van der Waals surface area contributed by atoms with Crippen molar-refractivity contribution in [2.45, 2.75) is 38.8 Å². The Labute approximate surface area is 346 Å². The molecular weight excluding hydrogens is 723 g/mol. The third-order valence-electron chi connectivity index (χ3n) is 12.2. The lowest BCUT2D eigenvalue weighted by atomic mass is 9.35. The molecule has 0 aromatic heterocycles. The van der Waals surface area contributed by atoms with Crippen LogP contribution in [0.15, 0.2) is 174 Å². The summed E-state index contributed by atoms with van der Waals surface area (Å²) in [5.41, 5.74) is 12.0. The summed E-state index contributed by atoms with van der Waals surface area (Å²) in [7, 11) is 0. The summed E-state index contributed by atoms with van der Waals surface area (Å²) >= 11 is 0. The molecule has 0 unspecified atom stereocenters. The van der Waals surface area contributed by atoms with Crippen molar-refractivity contribution in [2.24, 2.45) is 9.98 Å². The zero-order valence-corrected chi connectivity index (χ0v) is 33.7. The molecule has 4 aliphatic heterocycles. The lowest BCUT2D eigenvalue weighted by molar-refractivity contribution is 0.464. The van der Waals surface area contributed by atoms with Crippen molar-refractivity contribution >= 4 is 46.1 Å². The fourth-order valence-corrected chi connectivity index (χ4v) is 9.39. The van der Waals surface area contributed by atoms with Crippen molar-refractivity contribution in [3.05, 3.63) is 175 Å². The molecule has 0 spiro atoms. The quantitative estimate of drug-likeness (QED) is 0.158. The number of aliphatic imine (C=N–C) groups is 2. The Morgan fingerprint density at radius 2 is 0.831 bits per heavy atom. The molecule has 286 valence electrons. The topological polar surface area (TPSA) is 49.7 Å². The van der Waals surface area contributed by atoms with Crippen LogP contribution in [0.25, 0.3) is 22.3 Å². The van der Waals surface area contributed by atoms with E-state index in [9.17, 15) is 0 Å². The van der Waals surface area contributed by atoms with Crippen molar-refractivity contribution in [1.29, 1.82) is 0 Å². The number of amidine groups is 2. The molecule has 11 rings (SSSR count). The van der Waals surface area contributed by atoms with Crippen LogP contribution in [0, 0.1) is 0 Å². The molecule has 0 atom stereocenters. The van der Waals surface area contributed by atoms with Gasteiger partial charge in [0.1, 0.15) is 34.7 Å². The zero-order chi connectivity index (χ0) is 39.9. The zero-order valence-electron chi connectivity index (χ0n) is 33.7. The number of rotatable bonds is 6. The predicted octanol–water partition coefficient (Wildman–Crippen LogP) is 9.84. The second-order valence-electron chi connectivity index (χ2n) is 17.2. The van der Waals surface area contributed by atoms with Gasteiger partial charge in [0.25, 0.3) is 6.71 Å². The average molecular weight is 767 g/mol. The molecule has 0 aliphatic carbocycles. The van der Waals surface area contributed by atoms with Crippen molar-refractivity contribution in [3.63, 3.8) is 0 Å². The molecule has 0 N–H and O–H groups in total. The van der Waals surface area contributed by atoms with Gasteiger partial charge < -0.3 is 19.3 Å². The van der Waals surface area contributed by atoms with Gasteiger partial charge in [-0.05, 0) is 122 Å². The van der Waals surface area contributed by atoms with Gasteiger partial charge in [0, 0.05) is 28.0 Å². The minimum atomic E-state index is -0.129. The van der Waals surface area contributed by atoms with E-state index in [1.807, 2.05) is 6.07 Å². The number of fused-ring (bicyclic) bond motifs is 4. The van der Waals surface area contributed by atoms with Gasteiger partial charge in [0.15, 0.2) is 0 Å². The van der Waals surface area contributed by atoms with E-state index in [0.29, 0.717) is 0 Å². The first-order chi connectivity index (χ1) is 28.7. The van der Waals surface area contributed by atoms with Gasteiger partial charge in [0.2, 0.25) is 0 Å². The monoisotopic (exact) mass is 766 g/mol. The molecule has 0 saturated carbocycles. The average Bonchev–Trinajstić information content (AvgIpc) is 3.77.